The summed E-state index contributed by atoms with van der Waals surface area (Å²) in [6.45, 7) is 0. The molecule has 1 amide bonds. The van der Waals surface area contributed by atoms with Crippen LogP contribution in [0.4, 0.5) is 0 Å². The van der Waals surface area contributed by atoms with Gasteiger partial charge in [-0.25, -0.2) is 5.43 Å². The van der Waals surface area contributed by atoms with E-state index in [1.807, 2.05) is 54.6 Å². The maximum atomic E-state index is 12.5. The molecule has 0 saturated heterocycles. The van der Waals surface area contributed by atoms with Crippen LogP contribution in [-0.2, 0) is 0 Å². The van der Waals surface area contributed by atoms with E-state index in [0.29, 0.717) is 0 Å². The number of benzene rings is 4. The summed E-state index contributed by atoms with van der Waals surface area (Å²) in [4.78, 5) is 12.5. The zero-order valence-corrected chi connectivity index (χ0v) is 17.7. The average Bonchev–Trinajstić information content (AvgIpc) is 3.19. The van der Waals surface area contributed by atoms with Gasteiger partial charge in [0.1, 0.15) is 5.75 Å². The minimum atomic E-state index is -0.475. The summed E-state index contributed by atoms with van der Waals surface area (Å²) in [6.07, 6.45) is 1.67. The molecule has 160 valence electrons. The number of nitrogens with zero attached hydrogens (tertiary/aromatic N) is 2. The molecule has 0 atom stereocenters. The van der Waals surface area contributed by atoms with E-state index < -0.39 is 5.91 Å². The molecule has 0 radical (unpaired) electrons. The highest BCUT2D eigenvalue weighted by Gasteiger charge is 2.18. The van der Waals surface area contributed by atoms with Crippen LogP contribution < -0.4 is 5.43 Å². The van der Waals surface area contributed by atoms with Crippen molar-refractivity contribution in [3.8, 4) is 22.7 Å². The van der Waals surface area contributed by atoms with Gasteiger partial charge in [0.25, 0.3) is 5.91 Å². The Balaban J connectivity index is 1.65. The number of fused-ring (bicyclic) bond motifs is 1. The Morgan fingerprint density at radius 3 is 2.18 bits per heavy atom. The molecule has 0 saturated carbocycles. The summed E-state index contributed by atoms with van der Waals surface area (Å²) in [5.41, 5.74) is 7.68. The topological polar surface area (TPSA) is 66.6 Å². The van der Waals surface area contributed by atoms with Crippen LogP contribution in [0, 0.1) is 0 Å². The van der Waals surface area contributed by atoms with Crippen molar-refractivity contribution in [2.24, 2.45) is 5.10 Å². The Labute approximate surface area is 191 Å². The van der Waals surface area contributed by atoms with Gasteiger partial charge in [0.15, 0.2) is 0 Å². The Morgan fingerprint density at radius 2 is 1.42 bits per heavy atom. The van der Waals surface area contributed by atoms with Crippen molar-refractivity contribution in [2.45, 2.75) is 0 Å². The molecule has 1 heterocycles. The molecule has 0 aliphatic heterocycles. The van der Waals surface area contributed by atoms with Crippen molar-refractivity contribution < 1.29 is 9.90 Å². The molecule has 4 aromatic carbocycles. The number of hydrogen-bond acceptors (Lipinski definition) is 3. The molecule has 5 rings (SSSR count). The Bertz CT molecular complexity index is 1460. The van der Waals surface area contributed by atoms with E-state index in [0.717, 1.165) is 33.4 Å². The number of para-hydroxylation sites is 3. The normalized spacial score (nSPS) is 11.2. The van der Waals surface area contributed by atoms with E-state index in [-0.39, 0.29) is 11.3 Å². The summed E-state index contributed by atoms with van der Waals surface area (Å²) >= 11 is 0. The fourth-order valence-corrected chi connectivity index (χ4v) is 4.00. The number of carbonyl (C=O) groups excluding carboxylic acids is 1. The standard InChI is InChI=1S/C28H21N3O2/c32-26-18-10-8-16-23(26)28(33)30-29-19-24-22-15-7-9-17-25(22)31(21-13-5-2-6-14-21)27(24)20-11-3-1-4-12-20/h1-19,32H,(H,30,33)/b29-19+. The lowest BCUT2D eigenvalue weighted by Gasteiger charge is -2.12. The highest BCUT2D eigenvalue weighted by Crippen LogP contribution is 2.35. The second kappa shape index (κ2) is 8.85. The van der Waals surface area contributed by atoms with Gasteiger partial charge in [-0.2, -0.15) is 5.10 Å². The smallest absolute Gasteiger partial charge is 0.275 e. The lowest BCUT2D eigenvalue weighted by molar-refractivity contribution is 0.0952. The van der Waals surface area contributed by atoms with E-state index in [9.17, 15) is 9.90 Å². The molecule has 5 nitrogen and oxygen atoms in total. The lowest BCUT2D eigenvalue weighted by atomic mass is 10.1. The number of nitrogens with one attached hydrogen (secondary N) is 1. The molecule has 2 N–H and O–H groups in total. The quantitative estimate of drug-likeness (QED) is 0.274. The number of phenols is 1. The van der Waals surface area contributed by atoms with Crippen LogP contribution in [-0.4, -0.2) is 21.8 Å². The predicted molar refractivity (Wildman–Crippen MR) is 132 cm³/mol. The fraction of sp³-hybridized carbons (Fsp3) is 0. The third-order valence-corrected chi connectivity index (χ3v) is 5.48. The van der Waals surface area contributed by atoms with Crippen LogP contribution in [0.3, 0.4) is 0 Å². The van der Waals surface area contributed by atoms with Gasteiger partial charge in [-0.15, -0.1) is 0 Å². The number of amides is 1. The second-order valence-electron chi connectivity index (χ2n) is 7.53. The van der Waals surface area contributed by atoms with Gasteiger partial charge in [0.2, 0.25) is 0 Å². The van der Waals surface area contributed by atoms with Crippen LogP contribution in [0.5, 0.6) is 5.75 Å². The van der Waals surface area contributed by atoms with Gasteiger partial charge in [-0.05, 0) is 35.9 Å². The predicted octanol–water partition coefficient (Wildman–Crippen LogP) is 5.77. The van der Waals surface area contributed by atoms with Crippen LogP contribution in [0.1, 0.15) is 15.9 Å². The van der Waals surface area contributed by atoms with Crippen LogP contribution >= 0.6 is 0 Å². The first-order chi connectivity index (χ1) is 16.2. The summed E-state index contributed by atoms with van der Waals surface area (Å²) in [6, 6.07) is 34.8. The largest absolute Gasteiger partial charge is 0.507 e. The molecule has 0 unspecified atom stereocenters. The van der Waals surface area contributed by atoms with Gasteiger partial charge in [-0.3, -0.25) is 4.79 Å². The monoisotopic (exact) mass is 431 g/mol. The minimum Gasteiger partial charge on any atom is -0.507 e. The number of rotatable bonds is 5. The maximum Gasteiger partial charge on any atom is 0.275 e. The molecule has 0 spiro atoms. The van der Waals surface area contributed by atoms with Gasteiger partial charge in [0.05, 0.1) is 23.0 Å². The number of aromatic hydroxyl groups is 1. The molecular weight excluding hydrogens is 410 g/mol. The third-order valence-electron chi connectivity index (χ3n) is 5.48. The highest BCUT2D eigenvalue weighted by atomic mass is 16.3. The number of aromatic nitrogens is 1. The number of hydrazone groups is 1. The Kier molecular flexibility index (Phi) is 5.43. The Hall–Kier alpha value is -4.64. The third kappa shape index (κ3) is 3.88. The van der Waals surface area contributed by atoms with Crippen molar-refractivity contribution in [3.05, 3.63) is 120 Å². The highest BCUT2D eigenvalue weighted by molar-refractivity contribution is 6.08. The van der Waals surface area contributed by atoms with Gasteiger partial charge in [0, 0.05) is 16.6 Å². The summed E-state index contributed by atoms with van der Waals surface area (Å²) in [5, 5.41) is 15.2. The summed E-state index contributed by atoms with van der Waals surface area (Å²) in [5.74, 6) is -0.562. The van der Waals surface area contributed by atoms with E-state index in [4.69, 9.17) is 0 Å². The van der Waals surface area contributed by atoms with E-state index in [1.54, 1.807) is 24.4 Å². The first-order valence-electron chi connectivity index (χ1n) is 10.6. The first kappa shape index (κ1) is 20.3. The van der Waals surface area contributed by atoms with Gasteiger partial charge in [-0.1, -0.05) is 78.9 Å². The van der Waals surface area contributed by atoms with E-state index >= 15 is 0 Å². The molecule has 1 aromatic heterocycles. The Morgan fingerprint density at radius 1 is 0.788 bits per heavy atom. The van der Waals surface area contributed by atoms with Crippen LogP contribution in [0.25, 0.3) is 27.8 Å². The van der Waals surface area contributed by atoms with Gasteiger partial charge < -0.3 is 9.67 Å². The SMILES string of the molecule is O=C(N/N=C/c1c(-c2ccccc2)n(-c2ccccc2)c2ccccc12)c1ccccc1O. The van der Waals surface area contributed by atoms with E-state index in [2.05, 4.69) is 45.4 Å². The van der Waals surface area contributed by atoms with Crippen molar-refractivity contribution in [1.29, 1.82) is 0 Å². The van der Waals surface area contributed by atoms with Crippen molar-refractivity contribution in [1.82, 2.24) is 9.99 Å². The molecule has 33 heavy (non-hydrogen) atoms. The van der Waals surface area contributed by atoms with Crippen LogP contribution in [0.2, 0.25) is 0 Å². The molecule has 0 aliphatic rings. The summed E-state index contributed by atoms with van der Waals surface area (Å²) < 4.78 is 2.21. The second-order valence-corrected chi connectivity index (χ2v) is 7.53. The first-order valence-corrected chi connectivity index (χ1v) is 10.6. The van der Waals surface area contributed by atoms with E-state index in [1.165, 1.54) is 6.07 Å². The summed E-state index contributed by atoms with van der Waals surface area (Å²) in [7, 11) is 0. The molecule has 0 aliphatic carbocycles. The van der Waals surface area contributed by atoms with Crippen molar-refractivity contribution in [3.63, 3.8) is 0 Å². The minimum absolute atomic E-state index is 0.0872. The molecular formula is C28H21N3O2. The fourth-order valence-electron chi connectivity index (χ4n) is 4.00. The number of hydrogen-bond donors (Lipinski definition) is 2. The zero-order chi connectivity index (χ0) is 22.6. The zero-order valence-electron chi connectivity index (χ0n) is 17.7. The van der Waals surface area contributed by atoms with Crippen molar-refractivity contribution >= 4 is 23.0 Å². The molecule has 5 heteroatoms. The lowest BCUT2D eigenvalue weighted by Crippen LogP contribution is -2.17. The van der Waals surface area contributed by atoms with Gasteiger partial charge >= 0.3 is 0 Å². The van der Waals surface area contributed by atoms with Crippen molar-refractivity contribution in [2.75, 3.05) is 0 Å². The molecule has 5 aromatic rings. The number of phenolic OH excluding ortho intramolecular Hbond substituents is 1. The maximum absolute atomic E-state index is 12.5. The molecule has 0 fully saturated rings. The molecule has 0 bridgehead atoms. The van der Waals surface area contributed by atoms with Crippen LogP contribution in [0.15, 0.2) is 114 Å². The number of carbonyl (C=O) groups is 1. The average molecular weight is 431 g/mol.